The smallest absolute Gasteiger partial charge is 0.253 e. The zero-order valence-electron chi connectivity index (χ0n) is 12.0. The fraction of sp³-hybridized carbons (Fsp3) is 0.214. The van der Waals surface area contributed by atoms with Crippen LogP contribution < -0.4 is 21.3 Å². The first-order valence-corrected chi connectivity index (χ1v) is 7.57. The SMILES string of the molecule is CCOc1cccc(NC(=O)CSc2nc(N)cc(=O)[nH]2)c1. The first kappa shape index (κ1) is 15.9. The molecule has 0 spiro atoms. The van der Waals surface area contributed by atoms with Crippen LogP contribution in [0.2, 0.25) is 0 Å². The van der Waals surface area contributed by atoms with Gasteiger partial charge in [0.1, 0.15) is 11.6 Å². The maximum Gasteiger partial charge on any atom is 0.253 e. The normalized spacial score (nSPS) is 10.2. The monoisotopic (exact) mass is 320 g/mol. The van der Waals surface area contributed by atoms with Crippen LogP contribution in [0.25, 0.3) is 0 Å². The molecule has 116 valence electrons. The fourth-order valence-electron chi connectivity index (χ4n) is 1.68. The van der Waals surface area contributed by atoms with Gasteiger partial charge in [0.15, 0.2) is 5.16 Å². The number of H-pyrrole nitrogens is 1. The van der Waals surface area contributed by atoms with E-state index in [1.807, 2.05) is 13.0 Å². The number of nitrogens with zero attached hydrogens (tertiary/aromatic N) is 1. The molecule has 0 aliphatic rings. The van der Waals surface area contributed by atoms with Crippen molar-refractivity contribution in [3.63, 3.8) is 0 Å². The summed E-state index contributed by atoms with van der Waals surface area (Å²) >= 11 is 1.10. The number of nitrogens with one attached hydrogen (secondary N) is 2. The number of nitrogens with two attached hydrogens (primary N) is 1. The highest BCUT2D eigenvalue weighted by atomic mass is 32.2. The third-order valence-electron chi connectivity index (χ3n) is 2.51. The number of ether oxygens (including phenoxy) is 1. The number of rotatable bonds is 6. The van der Waals surface area contributed by atoms with Crippen LogP contribution in [0.1, 0.15) is 6.92 Å². The third kappa shape index (κ3) is 4.81. The molecule has 0 aliphatic carbocycles. The summed E-state index contributed by atoms with van der Waals surface area (Å²) in [6.45, 7) is 2.45. The molecule has 1 heterocycles. The van der Waals surface area contributed by atoms with Crippen LogP contribution in [-0.2, 0) is 4.79 Å². The number of thioether (sulfide) groups is 1. The molecular weight excluding hydrogens is 304 g/mol. The van der Waals surface area contributed by atoms with Gasteiger partial charge in [0.05, 0.1) is 12.4 Å². The summed E-state index contributed by atoms with van der Waals surface area (Å²) in [5.41, 5.74) is 5.77. The van der Waals surface area contributed by atoms with Gasteiger partial charge in [-0.15, -0.1) is 0 Å². The van der Waals surface area contributed by atoms with Crippen LogP contribution in [0.4, 0.5) is 11.5 Å². The molecule has 0 atom stereocenters. The first-order chi connectivity index (χ1) is 10.6. The van der Waals surface area contributed by atoms with Gasteiger partial charge in [0, 0.05) is 17.8 Å². The van der Waals surface area contributed by atoms with Crippen molar-refractivity contribution in [2.75, 3.05) is 23.4 Å². The van der Waals surface area contributed by atoms with E-state index in [4.69, 9.17) is 10.5 Å². The number of carbonyl (C=O) groups excluding carboxylic acids is 1. The number of hydrogen-bond donors (Lipinski definition) is 3. The van der Waals surface area contributed by atoms with Crippen molar-refractivity contribution in [2.45, 2.75) is 12.1 Å². The number of benzene rings is 1. The minimum atomic E-state index is -0.347. The third-order valence-corrected chi connectivity index (χ3v) is 3.38. The van der Waals surface area contributed by atoms with Crippen molar-refractivity contribution in [1.29, 1.82) is 0 Å². The summed E-state index contributed by atoms with van der Waals surface area (Å²) < 4.78 is 5.36. The summed E-state index contributed by atoms with van der Waals surface area (Å²) in [7, 11) is 0. The molecule has 0 radical (unpaired) electrons. The summed E-state index contributed by atoms with van der Waals surface area (Å²) in [5, 5.41) is 3.06. The summed E-state index contributed by atoms with van der Waals surface area (Å²) in [4.78, 5) is 29.6. The molecule has 2 aromatic rings. The van der Waals surface area contributed by atoms with Crippen LogP contribution in [0.3, 0.4) is 0 Å². The maximum atomic E-state index is 11.9. The number of amides is 1. The largest absolute Gasteiger partial charge is 0.494 e. The van der Waals surface area contributed by atoms with Gasteiger partial charge < -0.3 is 20.8 Å². The lowest BCUT2D eigenvalue weighted by molar-refractivity contribution is -0.113. The Bertz CT molecular complexity index is 717. The van der Waals surface area contributed by atoms with Crippen molar-refractivity contribution in [2.24, 2.45) is 0 Å². The molecule has 0 saturated carbocycles. The second-order valence-corrected chi connectivity index (χ2v) is 5.24. The highest BCUT2D eigenvalue weighted by Crippen LogP contribution is 2.18. The lowest BCUT2D eigenvalue weighted by atomic mass is 10.3. The van der Waals surface area contributed by atoms with Crippen molar-refractivity contribution in [3.8, 4) is 5.75 Å². The average Bonchev–Trinajstić information content (AvgIpc) is 2.45. The standard InChI is InChI=1S/C14H16N4O3S/c1-2-21-10-5-3-4-9(6-10)16-13(20)8-22-14-17-11(15)7-12(19)18-14/h3-7H,2,8H2,1H3,(H,16,20)(H3,15,17,18,19). The molecule has 0 bridgehead atoms. The van der Waals surface area contributed by atoms with E-state index >= 15 is 0 Å². The topological polar surface area (TPSA) is 110 Å². The van der Waals surface area contributed by atoms with Crippen molar-refractivity contribution in [3.05, 3.63) is 40.7 Å². The van der Waals surface area contributed by atoms with E-state index in [0.717, 1.165) is 11.8 Å². The Balaban J connectivity index is 1.92. The van der Waals surface area contributed by atoms with Gasteiger partial charge in [-0.3, -0.25) is 9.59 Å². The Kier molecular flexibility index (Phi) is 5.42. The van der Waals surface area contributed by atoms with Crippen LogP contribution in [0.5, 0.6) is 5.75 Å². The number of hydrogen-bond acceptors (Lipinski definition) is 6. The van der Waals surface area contributed by atoms with E-state index in [-0.39, 0.29) is 23.0 Å². The second kappa shape index (κ2) is 7.51. The van der Waals surface area contributed by atoms with Gasteiger partial charge >= 0.3 is 0 Å². The molecule has 1 aromatic heterocycles. The van der Waals surface area contributed by atoms with Crippen molar-refractivity contribution in [1.82, 2.24) is 9.97 Å². The van der Waals surface area contributed by atoms with Crippen LogP contribution in [-0.4, -0.2) is 28.2 Å². The molecule has 8 heteroatoms. The Hall–Kier alpha value is -2.48. The molecule has 4 N–H and O–H groups in total. The van der Waals surface area contributed by atoms with Crippen LogP contribution in [0.15, 0.2) is 40.3 Å². The van der Waals surface area contributed by atoms with E-state index < -0.39 is 0 Å². The van der Waals surface area contributed by atoms with E-state index in [0.29, 0.717) is 23.2 Å². The maximum absolute atomic E-state index is 11.9. The minimum Gasteiger partial charge on any atom is -0.494 e. The molecule has 2 rings (SSSR count). The predicted molar refractivity (Wildman–Crippen MR) is 86.2 cm³/mol. The summed E-state index contributed by atoms with van der Waals surface area (Å²) in [5.74, 6) is 0.695. The number of nitrogen functional groups attached to an aromatic ring is 1. The Morgan fingerprint density at radius 1 is 1.45 bits per heavy atom. The van der Waals surface area contributed by atoms with E-state index in [9.17, 15) is 9.59 Å². The fourth-order valence-corrected chi connectivity index (χ4v) is 2.37. The van der Waals surface area contributed by atoms with Crippen molar-refractivity contribution >= 4 is 29.2 Å². The first-order valence-electron chi connectivity index (χ1n) is 6.59. The van der Waals surface area contributed by atoms with Gasteiger partial charge in [-0.1, -0.05) is 17.8 Å². The Labute approximate surface area is 131 Å². The van der Waals surface area contributed by atoms with E-state index in [2.05, 4.69) is 15.3 Å². The lowest BCUT2D eigenvalue weighted by Crippen LogP contribution is -2.15. The molecule has 22 heavy (non-hydrogen) atoms. The molecule has 1 aromatic carbocycles. The van der Waals surface area contributed by atoms with Crippen LogP contribution in [0, 0.1) is 0 Å². The summed E-state index contributed by atoms with van der Waals surface area (Å²) in [6, 6.07) is 8.31. The minimum absolute atomic E-state index is 0.102. The van der Waals surface area contributed by atoms with Crippen molar-refractivity contribution < 1.29 is 9.53 Å². The zero-order valence-corrected chi connectivity index (χ0v) is 12.8. The molecule has 0 unspecified atom stereocenters. The number of aromatic nitrogens is 2. The number of carbonyl (C=O) groups is 1. The Morgan fingerprint density at radius 3 is 3.00 bits per heavy atom. The molecule has 1 amide bonds. The number of aromatic amines is 1. The number of anilines is 2. The molecule has 7 nitrogen and oxygen atoms in total. The van der Waals surface area contributed by atoms with Gasteiger partial charge in [-0.2, -0.15) is 0 Å². The quantitative estimate of drug-likeness (QED) is 0.549. The highest BCUT2D eigenvalue weighted by Gasteiger charge is 2.07. The van der Waals surface area contributed by atoms with E-state index in [1.165, 1.54) is 6.07 Å². The van der Waals surface area contributed by atoms with Gasteiger partial charge in [0.2, 0.25) is 5.91 Å². The molecule has 0 saturated heterocycles. The molecule has 0 aliphatic heterocycles. The van der Waals surface area contributed by atoms with Crippen LogP contribution >= 0.6 is 11.8 Å². The second-order valence-electron chi connectivity index (χ2n) is 4.27. The van der Waals surface area contributed by atoms with E-state index in [1.54, 1.807) is 18.2 Å². The lowest BCUT2D eigenvalue weighted by Gasteiger charge is -2.07. The molecular formula is C14H16N4O3S. The highest BCUT2D eigenvalue weighted by molar-refractivity contribution is 7.99. The molecule has 0 fully saturated rings. The summed E-state index contributed by atoms with van der Waals surface area (Å²) in [6.07, 6.45) is 0. The van der Waals surface area contributed by atoms with Gasteiger partial charge in [0.25, 0.3) is 5.56 Å². The zero-order chi connectivity index (χ0) is 15.9. The average molecular weight is 320 g/mol. The predicted octanol–water partition coefficient (Wildman–Crippen LogP) is 1.48. The van der Waals surface area contributed by atoms with Gasteiger partial charge in [-0.25, -0.2) is 4.98 Å². The van der Waals surface area contributed by atoms with Gasteiger partial charge in [-0.05, 0) is 19.1 Å². The Morgan fingerprint density at radius 2 is 2.27 bits per heavy atom.